The standard InChI is InChI=1S/C14H28N2O2/c1-5-11(2)16-13(17)7-9-15-10-12-6-8-14(3,4)18-12/h11-12,15H,5-10H2,1-4H3,(H,16,17). The fourth-order valence-corrected chi connectivity index (χ4v) is 2.14. The zero-order chi connectivity index (χ0) is 13.6. The summed E-state index contributed by atoms with van der Waals surface area (Å²) >= 11 is 0. The molecule has 0 saturated carbocycles. The third-order valence-corrected chi connectivity index (χ3v) is 3.47. The Bertz CT molecular complexity index is 267. The summed E-state index contributed by atoms with van der Waals surface area (Å²) in [7, 11) is 0. The summed E-state index contributed by atoms with van der Waals surface area (Å²) in [5.74, 6) is 0.129. The lowest BCUT2D eigenvalue weighted by molar-refractivity contribution is -0.121. The molecule has 1 amide bonds. The first-order chi connectivity index (χ1) is 8.43. The second-order valence-electron chi connectivity index (χ2n) is 5.87. The Morgan fingerprint density at radius 1 is 1.50 bits per heavy atom. The van der Waals surface area contributed by atoms with Gasteiger partial charge in [0.1, 0.15) is 0 Å². The fourth-order valence-electron chi connectivity index (χ4n) is 2.14. The lowest BCUT2D eigenvalue weighted by Gasteiger charge is -2.19. The van der Waals surface area contributed by atoms with Crippen LogP contribution in [0.5, 0.6) is 0 Å². The molecule has 1 aliphatic heterocycles. The van der Waals surface area contributed by atoms with Crippen LogP contribution in [0, 0.1) is 0 Å². The van der Waals surface area contributed by atoms with Crippen molar-refractivity contribution in [1.29, 1.82) is 0 Å². The molecule has 1 heterocycles. The van der Waals surface area contributed by atoms with Crippen LogP contribution in [0.2, 0.25) is 0 Å². The zero-order valence-electron chi connectivity index (χ0n) is 12.2. The molecule has 1 aliphatic rings. The second-order valence-corrected chi connectivity index (χ2v) is 5.87. The number of carbonyl (C=O) groups excluding carboxylic acids is 1. The molecule has 0 bridgehead atoms. The summed E-state index contributed by atoms with van der Waals surface area (Å²) in [6.45, 7) is 9.93. The van der Waals surface area contributed by atoms with Crippen LogP contribution < -0.4 is 10.6 Å². The van der Waals surface area contributed by atoms with Crippen molar-refractivity contribution in [3.8, 4) is 0 Å². The normalized spacial score (nSPS) is 23.9. The van der Waals surface area contributed by atoms with Crippen LogP contribution in [0.3, 0.4) is 0 Å². The fraction of sp³-hybridized carbons (Fsp3) is 0.929. The van der Waals surface area contributed by atoms with Gasteiger partial charge < -0.3 is 15.4 Å². The first-order valence-electron chi connectivity index (χ1n) is 7.11. The van der Waals surface area contributed by atoms with E-state index in [0.717, 1.165) is 32.4 Å². The third kappa shape index (κ3) is 5.83. The van der Waals surface area contributed by atoms with E-state index in [1.165, 1.54) is 0 Å². The molecule has 1 fully saturated rings. The molecule has 0 aliphatic carbocycles. The molecule has 0 radical (unpaired) electrons. The van der Waals surface area contributed by atoms with Crippen LogP contribution in [0.4, 0.5) is 0 Å². The molecule has 1 rings (SSSR count). The van der Waals surface area contributed by atoms with Gasteiger partial charge in [-0.25, -0.2) is 0 Å². The Kier molecular flexibility index (Phi) is 6.09. The number of amides is 1. The van der Waals surface area contributed by atoms with Gasteiger partial charge in [-0.3, -0.25) is 4.79 Å². The van der Waals surface area contributed by atoms with Crippen molar-refractivity contribution in [2.75, 3.05) is 13.1 Å². The van der Waals surface area contributed by atoms with E-state index in [9.17, 15) is 4.79 Å². The highest BCUT2D eigenvalue weighted by Crippen LogP contribution is 2.28. The smallest absolute Gasteiger partial charge is 0.221 e. The van der Waals surface area contributed by atoms with Crippen molar-refractivity contribution in [2.24, 2.45) is 0 Å². The molecule has 0 aromatic heterocycles. The number of ether oxygens (including phenoxy) is 1. The Morgan fingerprint density at radius 2 is 2.22 bits per heavy atom. The monoisotopic (exact) mass is 256 g/mol. The Morgan fingerprint density at radius 3 is 2.78 bits per heavy atom. The van der Waals surface area contributed by atoms with Gasteiger partial charge in [-0.1, -0.05) is 6.92 Å². The molecule has 1 saturated heterocycles. The van der Waals surface area contributed by atoms with Crippen molar-refractivity contribution < 1.29 is 9.53 Å². The van der Waals surface area contributed by atoms with E-state index < -0.39 is 0 Å². The minimum absolute atomic E-state index is 0.0281. The molecular formula is C14H28N2O2. The molecule has 4 heteroatoms. The van der Waals surface area contributed by atoms with Crippen LogP contribution in [-0.2, 0) is 9.53 Å². The molecule has 106 valence electrons. The van der Waals surface area contributed by atoms with Crippen LogP contribution in [0.15, 0.2) is 0 Å². The number of nitrogens with one attached hydrogen (secondary N) is 2. The molecule has 18 heavy (non-hydrogen) atoms. The van der Waals surface area contributed by atoms with Crippen LogP contribution in [0.1, 0.15) is 53.4 Å². The Balaban J connectivity index is 2.04. The highest BCUT2D eigenvalue weighted by molar-refractivity contribution is 5.76. The molecule has 4 nitrogen and oxygen atoms in total. The average molecular weight is 256 g/mol. The van der Waals surface area contributed by atoms with E-state index in [0.29, 0.717) is 12.5 Å². The first kappa shape index (κ1) is 15.4. The van der Waals surface area contributed by atoms with Gasteiger partial charge in [0.15, 0.2) is 0 Å². The minimum atomic E-state index is 0.0281. The topological polar surface area (TPSA) is 50.4 Å². The van der Waals surface area contributed by atoms with Crippen molar-refractivity contribution in [3.63, 3.8) is 0 Å². The predicted molar refractivity (Wildman–Crippen MR) is 73.6 cm³/mol. The van der Waals surface area contributed by atoms with E-state index in [1.807, 2.05) is 6.92 Å². The highest BCUT2D eigenvalue weighted by Gasteiger charge is 2.31. The van der Waals surface area contributed by atoms with Crippen molar-refractivity contribution in [1.82, 2.24) is 10.6 Å². The molecular weight excluding hydrogens is 228 g/mol. The van der Waals surface area contributed by atoms with Gasteiger partial charge in [-0.2, -0.15) is 0 Å². The predicted octanol–water partition coefficient (Wildman–Crippen LogP) is 1.84. The number of carbonyl (C=O) groups is 1. The van der Waals surface area contributed by atoms with E-state index in [4.69, 9.17) is 4.74 Å². The average Bonchev–Trinajstić information content (AvgIpc) is 2.64. The number of hydrogen-bond donors (Lipinski definition) is 2. The number of hydrogen-bond acceptors (Lipinski definition) is 3. The molecule has 2 unspecified atom stereocenters. The minimum Gasteiger partial charge on any atom is -0.371 e. The Labute approximate surface area is 111 Å². The van der Waals surface area contributed by atoms with E-state index in [-0.39, 0.29) is 17.6 Å². The lowest BCUT2D eigenvalue weighted by Crippen LogP contribution is -2.35. The molecule has 2 atom stereocenters. The van der Waals surface area contributed by atoms with Gasteiger partial charge in [0.25, 0.3) is 0 Å². The Hall–Kier alpha value is -0.610. The molecule has 0 aromatic rings. The first-order valence-corrected chi connectivity index (χ1v) is 7.11. The molecule has 0 aromatic carbocycles. The van der Waals surface area contributed by atoms with E-state index in [1.54, 1.807) is 0 Å². The summed E-state index contributed by atoms with van der Waals surface area (Å²) < 4.78 is 5.87. The maximum absolute atomic E-state index is 11.5. The lowest BCUT2D eigenvalue weighted by atomic mass is 10.1. The van der Waals surface area contributed by atoms with Gasteiger partial charge in [0, 0.05) is 25.6 Å². The second kappa shape index (κ2) is 7.10. The van der Waals surface area contributed by atoms with E-state index >= 15 is 0 Å². The molecule has 0 spiro atoms. The van der Waals surface area contributed by atoms with Gasteiger partial charge in [0.2, 0.25) is 5.91 Å². The maximum atomic E-state index is 11.5. The summed E-state index contributed by atoms with van der Waals surface area (Å²) in [6.07, 6.45) is 4.05. The maximum Gasteiger partial charge on any atom is 0.221 e. The van der Waals surface area contributed by atoms with Crippen molar-refractivity contribution in [2.45, 2.75) is 71.1 Å². The summed E-state index contributed by atoms with van der Waals surface area (Å²) in [5.41, 5.74) is 0.0281. The van der Waals surface area contributed by atoms with Gasteiger partial charge in [0.05, 0.1) is 11.7 Å². The van der Waals surface area contributed by atoms with Crippen LogP contribution in [-0.4, -0.2) is 36.7 Å². The van der Waals surface area contributed by atoms with Crippen LogP contribution in [0.25, 0.3) is 0 Å². The SMILES string of the molecule is CCC(C)NC(=O)CCNCC1CCC(C)(C)O1. The zero-order valence-corrected chi connectivity index (χ0v) is 12.2. The highest BCUT2D eigenvalue weighted by atomic mass is 16.5. The van der Waals surface area contributed by atoms with Crippen LogP contribution >= 0.6 is 0 Å². The van der Waals surface area contributed by atoms with E-state index in [2.05, 4.69) is 31.4 Å². The van der Waals surface area contributed by atoms with Gasteiger partial charge in [-0.05, 0) is 40.0 Å². The largest absolute Gasteiger partial charge is 0.371 e. The van der Waals surface area contributed by atoms with Crippen molar-refractivity contribution in [3.05, 3.63) is 0 Å². The summed E-state index contributed by atoms with van der Waals surface area (Å²) in [4.78, 5) is 11.5. The third-order valence-electron chi connectivity index (χ3n) is 3.47. The summed E-state index contributed by atoms with van der Waals surface area (Å²) in [5, 5.41) is 6.26. The number of rotatable bonds is 7. The quantitative estimate of drug-likeness (QED) is 0.683. The van der Waals surface area contributed by atoms with Gasteiger partial charge in [-0.15, -0.1) is 0 Å². The summed E-state index contributed by atoms with van der Waals surface area (Å²) in [6, 6.07) is 0.275. The molecule has 2 N–H and O–H groups in total. The van der Waals surface area contributed by atoms with Gasteiger partial charge >= 0.3 is 0 Å². The van der Waals surface area contributed by atoms with Crippen molar-refractivity contribution >= 4 is 5.91 Å².